The fraction of sp³-hybridized carbons (Fsp3) is 0.889. The van der Waals surface area contributed by atoms with Gasteiger partial charge in [0.25, 0.3) is 0 Å². The molecule has 0 aromatic carbocycles. The van der Waals surface area contributed by atoms with Crippen LogP contribution in [0.1, 0.15) is 41.5 Å². The lowest BCUT2D eigenvalue weighted by atomic mass is 10.1. The number of rotatable bonds is 6. The second-order valence-corrected chi connectivity index (χ2v) is 19.5. The Hall–Kier alpha value is 0.0538. The van der Waals surface area contributed by atoms with Crippen LogP contribution in [0, 0.1) is 0 Å². The Morgan fingerprint density at radius 3 is 1.52 bits per heavy atom. The van der Waals surface area contributed by atoms with Crippen molar-refractivity contribution in [3.63, 3.8) is 0 Å². The largest absolute Gasteiger partial charge is 0.413 e. The Morgan fingerprint density at radius 2 is 1.26 bits per heavy atom. The van der Waals surface area contributed by atoms with Crippen molar-refractivity contribution in [3.05, 3.63) is 12.2 Å². The van der Waals surface area contributed by atoms with E-state index in [1.54, 1.807) is 0 Å². The average molecular weight is 359 g/mol. The summed E-state index contributed by atoms with van der Waals surface area (Å²) in [5.41, 5.74) is -0.412. The minimum Gasteiger partial charge on any atom is -0.413 e. The molecule has 0 aliphatic carbocycles. The molecule has 1 aliphatic heterocycles. The zero-order chi connectivity index (χ0) is 18.2. The van der Waals surface area contributed by atoms with Crippen LogP contribution in [0.4, 0.5) is 0 Å². The monoisotopic (exact) mass is 358 g/mol. The molecule has 0 bridgehead atoms. The highest BCUT2D eigenvalue weighted by molar-refractivity contribution is 6.74. The van der Waals surface area contributed by atoms with Crippen LogP contribution in [0.5, 0.6) is 0 Å². The van der Waals surface area contributed by atoms with E-state index in [0.29, 0.717) is 19.8 Å². The SMILES string of the molecule is CC(C)(C)[Si](C)(C)OCC1(CO[Si](C)(C)C(C)(C)C)C=CCO1. The molecule has 0 atom stereocenters. The third-order valence-electron chi connectivity index (χ3n) is 5.86. The van der Waals surface area contributed by atoms with Crippen molar-refractivity contribution in [3.8, 4) is 0 Å². The van der Waals surface area contributed by atoms with Crippen molar-refractivity contribution in [1.29, 1.82) is 0 Å². The predicted molar refractivity (Wildman–Crippen MR) is 104 cm³/mol. The maximum Gasteiger partial charge on any atom is 0.192 e. The Bertz CT molecular complexity index is 399. The van der Waals surface area contributed by atoms with Gasteiger partial charge in [-0.3, -0.25) is 0 Å². The van der Waals surface area contributed by atoms with Gasteiger partial charge in [-0.1, -0.05) is 53.7 Å². The molecule has 0 saturated carbocycles. The third-order valence-corrected chi connectivity index (χ3v) is 14.8. The molecular formula is C18H38O3Si2. The highest BCUT2D eigenvalue weighted by atomic mass is 28.4. The van der Waals surface area contributed by atoms with Crippen LogP contribution in [0.2, 0.25) is 36.3 Å². The molecule has 0 unspecified atom stereocenters. The number of hydrogen-bond donors (Lipinski definition) is 0. The lowest BCUT2D eigenvalue weighted by Crippen LogP contribution is -2.50. The van der Waals surface area contributed by atoms with Crippen LogP contribution >= 0.6 is 0 Å². The zero-order valence-electron chi connectivity index (χ0n) is 17.0. The minimum atomic E-state index is -1.79. The maximum absolute atomic E-state index is 6.43. The van der Waals surface area contributed by atoms with Crippen LogP contribution in [0.15, 0.2) is 12.2 Å². The van der Waals surface area contributed by atoms with Gasteiger partial charge in [0.05, 0.1) is 19.8 Å². The molecule has 1 heterocycles. The molecule has 0 fully saturated rings. The fourth-order valence-electron chi connectivity index (χ4n) is 1.78. The molecule has 5 heteroatoms. The predicted octanol–water partition coefficient (Wildman–Crippen LogP) is 5.36. The van der Waals surface area contributed by atoms with Gasteiger partial charge in [0.1, 0.15) is 5.60 Å². The first-order valence-electron chi connectivity index (χ1n) is 8.72. The van der Waals surface area contributed by atoms with E-state index >= 15 is 0 Å². The second-order valence-electron chi connectivity index (χ2n) is 9.88. The van der Waals surface area contributed by atoms with Crippen molar-refractivity contribution < 1.29 is 13.6 Å². The molecule has 0 amide bonds. The summed E-state index contributed by atoms with van der Waals surface area (Å²) in [6.07, 6.45) is 4.23. The molecule has 0 spiro atoms. The molecule has 0 aromatic heterocycles. The summed E-state index contributed by atoms with van der Waals surface area (Å²) in [6.45, 7) is 24.6. The molecular weight excluding hydrogens is 320 g/mol. The number of hydrogen-bond acceptors (Lipinski definition) is 3. The summed E-state index contributed by atoms with van der Waals surface area (Å²) in [4.78, 5) is 0. The van der Waals surface area contributed by atoms with Gasteiger partial charge in [0, 0.05) is 0 Å². The molecule has 0 N–H and O–H groups in total. The van der Waals surface area contributed by atoms with Crippen LogP contribution in [0.3, 0.4) is 0 Å². The molecule has 0 aromatic rings. The average Bonchev–Trinajstić information content (AvgIpc) is 2.81. The van der Waals surface area contributed by atoms with Crippen molar-refractivity contribution in [1.82, 2.24) is 0 Å². The number of ether oxygens (including phenoxy) is 1. The van der Waals surface area contributed by atoms with Gasteiger partial charge < -0.3 is 13.6 Å². The van der Waals surface area contributed by atoms with Crippen LogP contribution in [0.25, 0.3) is 0 Å². The van der Waals surface area contributed by atoms with Gasteiger partial charge in [-0.05, 0) is 36.3 Å². The van der Waals surface area contributed by atoms with Gasteiger partial charge in [-0.25, -0.2) is 0 Å². The highest BCUT2D eigenvalue weighted by Crippen LogP contribution is 2.39. The van der Waals surface area contributed by atoms with E-state index in [4.69, 9.17) is 13.6 Å². The Balaban J connectivity index is 2.77. The molecule has 136 valence electrons. The van der Waals surface area contributed by atoms with Gasteiger partial charge in [-0.15, -0.1) is 0 Å². The summed E-state index contributed by atoms with van der Waals surface area (Å²) in [5, 5.41) is 0.410. The molecule has 0 radical (unpaired) electrons. The summed E-state index contributed by atoms with van der Waals surface area (Å²) in [6, 6.07) is 0. The van der Waals surface area contributed by atoms with E-state index in [-0.39, 0.29) is 10.1 Å². The Morgan fingerprint density at radius 1 is 0.870 bits per heavy atom. The van der Waals surface area contributed by atoms with E-state index in [2.05, 4.69) is 79.9 Å². The van der Waals surface area contributed by atoms with Gasteiger partial charge in [0.15, 0.2) is 16.6 Å². The Kier molecular flexibility index (Phi) is 6.19. The van der Waals surface area contributed by atoms with Crippen molar-refractivity contribution >= 4 is 16.6 Å². The quantitative estimate of drug-likeness (QED) is 0.473. The summed E-state index contributed by atoms with van der Waals surface area (Å²) in [7, 11) is -3.58. The summed E-state index contributed by atoms with van der Waals surface area (Å²) in [5.74, 6) is 0. The first-order chi connectivity index (χ1) is 10.1. The van der Waals surface area contributed by atoms with E-state index in [1.807, 2.05) is 0 Å². The smallest absolute Gasteiger partial charge is 0.192 e. The topological polar surface area (TPSA) is 27.7 Å². The Labute approximate surface area is 146 Å². The third kappa shape index (κ3) is 5.26. The van der Waals surface area contributed by atoms with E-state index in [1.165, 1.54) is 0 Å². The van der Waals surface area contributed by atoms with Crippen LogP contribution in [-0.4, -0.2) is 42.1 Å². The standard InChI is InChI=1S/C18H38O3Si2/c1-16(2,3)22(7,8)20-14-18(12-11-13-19-18)15-21-23(9,10)17(4,5)6/h11-12H,13-15H2,1-10H3. The van der Waals surface area contributed by atoms with Crippen molar-refractivity contribution in [2.24, 2.45) is 0 Å². The van der Waals surface area contributed by atoms with E-state index < -0.39 is 22.2 Å². The normalized spacial score (nSPS) is 19.4. The minimum absolute atomic E-state index is 0.205. The first kappa shape index (κ1) is 21.1. The van der Waals surface area contributed by atoms with Gasteiger partial charge in [0.2, 0.25) is 0 Å². The zero-order valence-corrected chi connectivity index (χ0v) is 19.0. The van der Waals surface area contributed by atoms with E-state index in [9.17, 15) is 0 Å². The van der Waals surface area contributed by atoms with Gasteiger partial charge >= 0.3 is 0 Å². The second kappa shape index (κ2) is 6.75. The first-order valence-corrected chi connectivity index (χ1v) is 14.5. The van der Waals surface area contributed by atoms with Crippen molar-refractivity contribution in [2.75, 3.05) is 19.8 Å². The van der Waals surface area contributed by atoms with Crippen LogP contribution < -0.4 is 0 Å². The lowest BCUT2D eigenvalue weighted by molar-refractivity contribution is -0.0452. The molecule has 1 rings (SSSR count). The fourth-order valence-corrected chi connectivity index (χ4v) is 3.86. The van der Waals surface area contributed by atoms with Gasteiger partial charge in [-0.2, -0.15) is 0 Å². The molecule has 0 saturated heterocycles. The lowest BCUT2D eigenvalue weighted by Gasteiger charge is -2.41. The molecule has 23 heavy (non-hydrogen) atoms. The summed E-state index contributed by atoms with van der Waals surface area (Å²) < 4.78 is 18.9. The maximum atomic E-state index is 6.43. The van der Waals surface area contributed by atoms with Crippen molar-refractivity contribution in [2.45, 2.75) is 83.4 Å². The molecule has 3 nitrogen and oxygen atoms in total. The highest BCUT2D eigenvalue weighted by Gasteiger charge is 2.43. The summed E-state index contributed by atoms with van der Waals surface area (Å²) >= 11 is 0. The molecule has 1 aliphatic rings. The van der Waals surface area contributed by atoms with Crippen LogP contribution in [-0.2, 0) is 13.6 Å². The van der Waals surface area contributed by atoms with E-state index in [0.717, 1.165) is 0 Å².